The first-order chi connectivity index (χ1) is 9.85. The highest BCUT2D eigenvalue weighted by atomic mass is 15.1. The predicted molar refractivity (Wildman–Crippen MR) is 85.5 cm³/mol. The van der Waals surface area contributed by atoms with Crippen LogP contribution in [0.3, 0.4) is 0 Å². The smallest absolute Gasteiger partial charge is 0.0399 e. The van der Waals surface area contributed by atoms with Crippen molar-refractivity contribution in [1.82, 2.24) is 0 Å². The number of fused-ring (bicyclic) bond motifs is 2. The lowest BCUT2D eigenvalue weighted by Gasteiger charge is -2.16. The summed E-state index contributed by atoms with van der Waals surface area (Å²) in [5, 5.41) is 0. The third kappa shape index (κ3) is 1.84. The number of benzene rings is 2. The molecule has 0 bridgehead atoms. The van der Waals surface area contributed by atoms with Crippen LogP contribution in [0.4, 0.5) is 5.69 Å². The molecule has 20 heavy (non-hydrogen) atoms. The van der Waals surface area contributed by atoms with E-state index in [4.69, 9.17) is 0 Å². The van der Waals surface area contributed by atoms with Crippen molar-refractivity contribution >= 4 is 5.69 Å². The summed E-state index contributed by atoms with van der Waals surface area (Å²) in [4.78, 5) is 2.47. The van der Waals surface area contributed by atoms with E-state index in [-0.39, 0.29) is 0 Å². The number of hydrogen-bond donors (Lipinski definition) is 0. The van der Waals surface area contributed by atoms with Crippen molar-refractivity contribution < 1.29 is 0 Å². The minimum absolute atomic E-state index is 1.12. The summed E-state index contributed by atoms with van der Waals surface area (Å²) in [5.74, 6) is 0. The summed E-state index contributed by atoms with van der Waals surface area (Å²) in [5.41, 5.74) is 8.87. The van der Waals surface area contributed by atoms with Crippen LogP contribution in [-0.2, 0) is 19.3 Å². The quantitative estimate of drug-likeness (QED) is 0.784. The normalized spacial score (nSPS) is 16.4. The van der Waals surface area contributed by atoms with Crippen molar-refractivity contribution in [3.8, 4) is 11.1 Å². The van der Waals surface area contributed by atoms with Gasteiger partial charge in [-0.15, -0.1) is 0 Å². The lowest BCUT2D eigenvalue weighted by molar-refractivity contribution is 0.868. The molecule has 0 aromatic heterocycles. The van der Waals surface area contributed by atoms with Crippen molar-refractivity contribution in [1.29, 1.82) is 0 Å². The molecule has 4 rings (SSSR count). The molecule has 1 nitrogen and oxygen atoms in total. The number of nitrogens with zero attached hydrogens (tertiary/aromatic N) is 1. The highest BCUT2D eigenvalue weighted by Gasteiger charge is 2.18. The molecule has 0 amide bonds. The molecule has 0 unspecified atom stereocenters. The Hall–Kier alpha value is -1.76. The summed E-state index contributed by atoms with van der Waals surface area (Å²) >= 11 is 0. The summed E-state index contributed by atoms with van der Waals surface area (Å²) in [7, 11) is 0. The number of hydrogen-bond acceptors (Lipinski definition) is 1. The van der Waals surface area contributed by atoms with Crippen LogP contribution in [-0.4, -0.2) is 13.1 Å². The second kappa shape index (κ2) is 4.66. The average Bonchev–Trinajstić information content (AvgIpc) is 3.12. The fourth-order valence-electron chi connectivity index (χ4n) is 3.73. The molecule has 2 aromatic rings. The molecule has 0 spiro atoms. The Morgan fingerprint density at radius 1 is 0.850 bits per heavy atom. The van der Waals surface area contributed by atoms with Gasteiger partial charge in [0.1, 0.15) is 0 Å². The van der Waals surface area contributed by atoms with E-state index in [1.807, 2.05) is 0 Å². The molecular formula is C19H21N. The van der Waals surface area contributed by atoms with E-state index in [0.29, 0.717) is 0 Å². The van der Waals surface area contributed by atoms with Gasteiger partial charge in [0.2, 0.25) is 0 Å². The first kappa shape index (κ1) is 12.0. The Labute approximate surface area is 121 Å². The summed E-state index contributed by atoms with van der Waals surface area (Å²) in [6.45, 7) is 4.54. The van der Waals surface area contributed by atoms with Crippen LogP contribution in [0.15, 0.2) is 36.4 Å². The summed E-state index contributed by atoms with van der Waals surface area (Å²) < 4.78 is 0. The maximum absolute atomic E-state index is 2.47. The van der Waals surface area contributed by atoms with Gasteiger partial charge < -0.3 is 4.90 Å². The highest BCUT2D eigenvalue weighted by Crippen LogP contribution is 2.33. The SMILES string of the molecule is CCN1CCc2cc(-c3ccc4c(c3)CCC4)ccc21. The van der Waals surface area contributed by atoms with Crippen molar-refractivity contribution in [3.05, 3.63) is 53.1 Å². The topological polar surface area (TPSA) is 3.24 Å². The number of likely N-dealkylation sites (N-methyl/N-ethyl adjacent to an activating group) is 1. The van der Waals surface area contributed by atoms with E-state index in [1.54, 1.807) is 11.1 Å². The van der Waals surface area contributed by atoms with Crippen LogP contribution in [0, 0.1) is 0 Å². The molecule has 1 heteroatoms. The minimum Gasteiger partial charge on any atom is -0.371 e. The number of anilines is 1. The Morgan fingerprint density at radius 3 is 2.45 bits per heavy atom. The van der Waals surface area contributed by atoms with Crippen LogP contribution in [0.25, 0.3) is 11.1 Å². The van der Waals surface area contributed by atoms with E-state index in [2.05, 4.69) is 48.2 Å². The van der Waals surface area contributed by atoms with Gasteiger partial charge in [-0.1, -0.05) is 24.3 Å². The molecule has 1 aliphatic heterocycles. The molecule has 1 aliphatic carbocycles. The fourth-order valence-corrected chi connectivity index (χ4v) is 3.73. The molecule has 0 saturated heterocycles. The minimum atomic E-state index is 1.12. The largest absolute Gasteiger partial charge is 0.371 e. The van der Waals surface area contributed by atoms with Gasteiger partial charge in [-0.25, -0.2) is 0 Å². The lowest BCUT2D eigenvalue weighted by atomic mass is 9.98. The van der Waals surface area contributed by atoms with Crippen molar-refractivity contribution in [2.24, 2.45) is 0 Å². The van der Waals surface area contributed by atoms with Crippen LogP contribution >= 0.6 is 0 Å². The van der Waals surface area contributed by atoms with Gasteiger partial charge in [-0.05, 0) is 72.6 Å². The third-order valence-corrected chi connectivity index (χ3v) is 4.88. The first-order valence-electron chi connectivity index (χ1n) is 7.85. The molecule has 0 fully saturated rings. The zero-order valence-electron chi connectivity index (χ0n) is 12.2. The van der Waals surface area contributed by atoms with Gasteiger partial charge in [-0.3, -0.25) is 0 Å². The molecule has 2 aliphatic rings. The van der Waals surface area contributed by atoms with Crippen molar-refractivity contribution in [3.63, 3.8) is 0 Å². The van der Waals surface area contributed by atoms with E-state index in [1.165, 1.54) is 54.6 Å². The van der Waals surface area contributed by atoms with E-state index in [9.17, 15) is 0 Å². The first-order valence-corrected chi connectivity index (χ1v) is 7.85. The van der Waals surface area contributed by atoms with Gasteiger partial charge in [0.15, 0.2) is 0 Å². The Bertz CT molecular complexity index is 657. The van der Waals surface area contributed by atoms with Gasteiger partial charge in [0, 0.05) is 18.8 Å². The Morgan fingerprint density at radius 2 is 1.60 bits per heavy atom. The van der Waals surface area contributed by atoms with E-state index >= 15 is 0 Å². The predicted octanol–water partition coefficient (Wildman–Crippen LogP) is 4.22. The van der Waals surface area contributed by atoms with E-state index in [0.717, 1.165) is 6.54 Å². The second-order valence-electron chi connectivity index (χ2n) is 6.01. The second-order valence-corrected chi connectivity index (χ2v) is 6.01. The van der Waals surface area contributed by atoms with Gasteiger partial charge >= 0.3 is 0 Å². The van der Waals surface area contributed by atoms with Crippen LogP contribution in [0.1, 0.15) is 30.0 Å². The Kier molecular flexibility index (Phi) is 2.80. The molecule has 1 heterocycles. The fraction of sp³-hybridized carbons (Fsp3) is 0.368. The monoisotopic (exact) mass is 263 g/mol. The standard InChI is InChI=1S/C19H21N/c1-2-20-11-10-18-13-17(8-9-19(18)20)16-7-6-14-4-3-5-15(14)12-16/h6-9,12-13H,2-5,10-11H2,1H3. The van der Waals surface area contributed by atoms with Crippen molar-refractivity contribution in [2.45, 2.75) is 32.6 Å². The van der Waals surface area contributed by atoms with Crippen molar-refractivity contribution in [2.75, 3.05) is 18.0 Å². The maximum atomic E-state index is 2.47. The third-order valence-electron chi connectivity index (χ3n) is 4.88. The van der Waals surface area contributed by atoms with Crippen LogP contribution < -0.4 is 4.90 Å². The zero-order chi connectivity index (χ0) is 13.5. The highest BCUT2D eigenvalue weighted by molar-refractivity contribution is 5.71. The number of rotatable bonds is 2. The van der Waals surface area contributed by atoms with Crippen LogP contribution in [0.5, 0.6) is 0 Å². The molecule has 0 N–H and O–H groups in total. The van der Waals surface area contributed by atoms with Gasteiger partial charge in [0.05, 0.1) is 0 Å². The maximum Gasteiger partial charge on any atom is 0.0399 e. The lowest BCUT2D eigenvalue weighted by Crippen LogP contribution is -2.18. The van der Waals surface area contributed by atoms with Crippen LogP contribution in [0.2, 0.25) is 0 Å². The van der Waals surface area contributed by atoms with Gasteiger partial charge in [-0.2, -0.15) is 0 Å². The van der Waals surface area contributed by atoms with E-state index < -0.39 is 0 Å². The summed E-state index contributed by atoms with van der Waals surface area (Å²) in [6.07, 6.45) is 5.05. The average molecular weight is 263 g/mol. The molecular weight excluding hydrogens is 242 g/mol. The zero-order valence-corrected chi connectivity index (χ0v) is 12.2. The summed E-state index contributed by atoms with van der Waals surface area (Å²) in [6, 6.07) is 14.1. The number of aryl methyl sites for hydroxylation is 2. The molecule has 102 valence electrons. The molecule has 2 aromatic carbocycles. The Balaban J connectivity index is 1.73. The molecule has 0 saturated carbocycles. The van der Waals surface area contributed by atoms with Gasteiger partial charge in [0.25, 0.3) is 0 Å². The molecule has 0 atom stereocenters. The molecule has 0 radical (unpaired) electrons.